The molecule has 0 radical (unpaired) electrons. The van der Waals surface area contributed by atoms with Crippen LogP contribution in [0.2, 0.25) is 0 Å². The first-order valence-corrected chi connectivity index (χ1v) is 6.29. The van der Waals surface area contributed by atoms with Gasteiger partial charge in [-0.05, 0) is 37.0 Å². The highest BCUT2D eigenvalue weighted by atomic mass is 15.1. The largest absolute Gasteiger partial charge is 0.398 e. The van der Waals surface area contributed by atoms with E-state index in [2.05, 4.69) is 17.9 Å². The Morgan fingerprint density at radius 3 is 3.06 bits per heavy atom. The van der Waals surface area contributed by atoms with Crippen molar-refractivity contribution in [2.24, 2.45) is 5.92 Å². The molecule has 1 aliphatic rings. The Bertz CT molecular complexity index is 434. The normalized spacial score (nSPS) is 20.0. The van der Waals surface area contributed by atoms with Crippen LogP contribution in [-0.4, -0.2) is 13.1 Å². The van der Waals surface area contributed by atoms with Crippen molar-refractivity contribution in [1.82, 2.24) is 0 Å². The number of nitrogen functional groups attached to an aromatic ring is 1. The molecular weight excluding hydrogens is 210 g/mol. The minimum Gasteiger partial charge on any atom is -0.398 e. The minimum absolute atomic E-state index is 0.570. The smallest absolute Gasteiger partial charge is 0.101 e. The van der Waals surface area contributed by atoms with Crippen LogP contribution in [0.15, 0.2) is 18.2 Å². The van der Waals surface area contributed by atoms with Crippen LogP contribution in [0.3, 0.4) is 0 Å². The molecule has 2 N–H and O–H groups in total. The van der Waals surface area contributed by atoms with E-state index in [9.17, 15) is 0 Å². The Morgan fingerprint density at radius 2 is 2.35 bits per heavy atom. The van der Waals surface area contributed by atoms with E-state index in [1.54, 1.807) is 0 Å². The second-order valence-electron chi connectivity index (χ2n) is 4.75. The van der Waals surface area contributed by atoms with Crippen LogP contribution in [0.1, 0.15) is 31.7 Å². The monoisotopic (exact) mass is 229 g/mol. The van der Waals surface area contributed by atoms with E-state index in [4.69, 9.17) is 11.0 Å². The second-order valence-corrected chi connectivity index (χ2v) is 4.75. The van der Waals surface area contributed by atoms with E-state index in [1.165, 1.54) is 19.3 Å². The van der Waals surface area contributed by atoms with Gasteiger partial charge in [-0.25, -0.2) is 0 Å². The zero-order valence-electron chi connectivity index (χ0n) is 10.3. The topological polar surface area (TPSA) is 53.0 Å². The van der Waals surface area contributed by atoms with Gasteiger partial charge < -0.3 is 10.6 Å². The van der Waals surface area contributed by atoms with E-state index < -0.39 is 0 Å². The van der Waals surface area contributed by atoms with Crippen LogP contribution in [0, 0.1) is 17.2 Å². The molecule has 0 aliphatic carbocycles. The molecule has 0 saturated carbocycles. The van der Waals surface area contributed by atoms with Crippen molar-refractivity contribution in [1.29, 1.82) is 5.26 Å². The zero-order valence-corrected chi connectivity index (χ0v) is 10.3. The van der Waals surface area contributed by atoms with Gasteiger partial charge in [0.05, 0.1) is 5.56 Å². The predicted molar refractivity (Wildman–Crippen MR) is 70.8 cm³/mol. The first kappa shape index (κ1) is 11.8. The average molecular weight is 229 g/mol. The van der Waals surface area contributed by atoms with Gasteiger partial charge in [-0.1, -0.05) is 13.3 Å². The molecule has 2 rings (SSSR count). The third kappa shape index (κ3) is 2.52. The summed E-state index contributed by atoms with van der Waals surface area (Å²) in [5, 5.41) is 8.99. The molecule has 1 aromatic rings. The highest BCUT2D eigenvalue weighted by Gasteiger charge is 2.19. The average Bonchev–Trinajstić information content (AvgIpc) is 2.39. The van der Waals surface area contributed by atoms with E-state index in [0.29, 0.717) is 11.3 Å². The molecular formula is C14H19N3. The molecule has 1 atom stereocenters. The summed E-state index contributed by atoms with van der Waals surface area (Å²) in [6.07, 6.45) is 3.80. The molecule has 3 nitrogen and oxygen atoms in total. The summed E-state index contributed by atoms with van der Waals surface area (Å²) in [7, 11) is 0. The summed E-state index contributed by atoms with van der Waals surface area (Å²) in [6, 6.07) is 7.92. The molecule has 1 unspecified atom stereocenters. The molecule has 0 aromatic heterocycles. The SMILES string of the molecule is CCC1CCCN(c2ccc(N)c(C#N)c2)C1. The van der Waals surface area contributed by atoms with Crippen LogP contribution >= 0.6 is 0 Å². The summed E-state index contributed by atoms with van der Waals surface area (Å²) < 4.78 is 0. The van der Waals surface area contributed by atoms with Gasteiger partial charge in [0.25, 0.3) is 0 Å². The van der Waals surface area contributed by atoms with Gasteiger partial charge in [0.1, 0.15) is 6.07 Å². The van der Waals surface area contributed by atoms with E-state index in [-0.39, 0.29) is 0 Å². The highest BCUT2D eigenvalue weighted by Crippen LogP contribution is 2.27. The molecule has 3 heteroatoms. The zero-order chi connectivity index (χ0) is 12.3. The summed E-state index contributed by atoms with van der Waals surface area (Å²) in [6.45, 7) is 4.44. The number of piperidine rings is 1. The Kier molecular flexibility index (Phi) is 3.53. The Morgan fingerprint density at radius 1 is 1.53 bits per heavy atom. The van der Waals surface area contributed by atoms with Gasteiger partial charge >= 0.3 is 0 Å². The van der Waals surface area contributed by atoms with Crippen molar-refractivity contribution in [3.63, 3.8) is 0 Å². The van der Waals surface area contributed by atoms with Gasteiger partial charge in [0.2, 0.25) is 0 Å². The maximum atomic E-state index is 8.99. The first-order chi connectivity index (χ1) is 8.24. The number of nitrogens with zero attached hydrogens (tertiary/aromatic N) is 2. The van der Waals surface area contributed by atoms with Crippen molar-refractivity contribution in [2.45, 2.75) is 26.2 Å². The summed E-state index contributed by atoms with van der Waals surface area (Å²) in [5.41, 5.74) is 8.03. The number of benzene rings is 1. The molecule has 1 saturated heterocycles. The summed E-state index contributed by atoms with van der Waals surface area (Å²) in [4.78, 5) is 2.37. The third-order valence-corrected chi connectivity index (χ3v) is 3.62. The number of rotatable bonds is 2. The lowest BCUT2D eigenvalue weighted by atomic mass is 9.95. The molecule has 17 heavy (non-hydrogen) atoms. The highest BCUT2D eigenvalue weighted by molar-refractivity contribution is 5.62. The fourth-order valence-electron chi connectivity index (χ4n) is 2.47. The Hall–Kier alpha value is -1.69. The molecule has 0 spiro atoms. The van der Waals surface area contributed by atoms with Gasteiger partial charge in [-0.15, -0.1) is 0 Å². The Balaban J connectivity index is 2.19. The van der Waals surface area contributed by atoms with Crippen LogP contribution in [-0.2, 0) is 0 Å². The van der Waals surface area contributed by atoms with E-state index in [0.717, 1.165) is 24.7 Å². The van der Waals surface area contributed by atoms with Crippen molar-refractivity contribution >= 4 is 11.4 Å². The molecule has 1 fully saturated rings. The van der Waals surface area contributed by atoms with Crippen LogP contribution in [0.4, 0.5) is 11.4 Å². The summed E-state index contributed by atoms with van der Waals surface area (Å²) in [5.74, 6) is 0.784. The van der Waals surface area contributed by atoms with Crippen LogP contribution in [0.25, 0.3) is 0 Å². The fraction of sp³-hybridized carbons (Fsp3) is 0.500. The quantitative estimate of drug-likeness (QED) is 0.793. The van der Waals surface area contributed by atoms with Crippen molar-refractivity contribution in [2.75, 3.05) is 23.7 Å². The van der Waals surface area contributed by atoms with Gasteiger partial charge in [0.15, 0.2) is 0 Å². The lowest BCUT2D eigenvalue weighted by Gasteiger charge is -2.34. The number of hydrogen-bond donors (Lipinski definition) is 1. The fourth-order valence-corrected chi connectivity index (χ4v) is 2.47. The molecule has 0 bridgehead atoms. The maximum absolute atomic E-state index is 8.99. The molecule has 1 aliphatic heterocycles. The number of nitriles is 1. The van der Waals surface area contributed by atoms with E-state index >= 15 is 0 Å². The molecule has 1 heterocycles. The predicted octanol–water partition coefficient (Wildman–Crippen LogP) is 2.77. The van der Waals surface area contributed by atoms with Crippen LogP contribution < -0.4 is 10.6 Å². The Labute approximate surface area is 103 Å². The number of anilines is 2. The lowest BCUT2D eigenvalue weighted by Crippen LogP contribution is -2.35. The molecule has 90 valence electrons. The molecule has 0 amide bonds. The summed E-state index contributed by atoms with van der Waals surface area (Å²) >= 11 is 0. The van der Waals surface area contributed by atoms with Crippen molar-refractivity contribution in [3.05, 3.63) is 23.8 Å². The van der Waals surface area contributed by atoms with Gasteiger partial charge in [-0.2, -0.15) is 5.26 Å². The van der Waals surface area contributed by atoms with Crippen LogP contribution in [0.5, 0.6) is 0 Å². The second kappa shape index (κ2) is 5.09. The van der Waals surface area contributed by atoms with Crippen molar-refractivity contribution in [3.8, 4) is 6.07 Å². The lowest BCUT2D eigenvalue weighted by molar-refractivity contribution is 0.405. The number of hydrogen-bond acceptors (Lipinski definition) is 3. The minimum atomic E-state index is 0.570. The molecule has 1 aromatic carbocycles. The standard InChI is InChI=1S/C14H19N3/c1-2-11-4-3-7-17(10-11)13-5-6-14(16)12(8-13)9-15/h5-6,8,11H,2-4,7,10,16H2,1H3. The third-order valence-electron chi connectivity index (χ3n) is 3.62. The first-order valence-electron chi connectivity index (χ1n) is 6.29. The van der Waals surface area contributed by atoms with E-state index in [1.807, 2.05) is 18.2 Å². The van der Waals surface area contributed by atoms with Crippen molar-refractivity contribution < 1.29 is 0 Å². The van der Waals surface area contributed by atoms with Gasteiger partial charge in [-0.3, -0.25) is 0 Å². The van der Waals surface area contributed by atoms with Gasteiger partial charge in [0, 0.05) is 24.5 Å². The maximum Gasteiger partial charge on any atom is 0.101 e. The number of nitrogens with two attached hydrogens (primary N) is 1.